The third-order valence-electron chi connectivity index (χ3n) is 2.65. The second kappa shape index (κ2) is 5.65. The van der Waals surface area contributed by atoms with E-state index < -0.39 is 17.5 Å². The van der Waals surface area contributed by atoms with E-state index in [0.29, 0.717) is 18.4 Å². The number of benzene rings is 2. The van der Waals surface area contributed by atoms with Crippen LogP contribution in [0.25, 0.3) is 0 Å². The summed E-state index contributed by atoms with van der Waals surface area (Å²) in [4.78, 5) is 0. The Balaban J connectivity index is 2.07. The molecule has 19 heavy (non-hydrogen) atoms. The van der Waals surface area contributed by atoms with Crippen molar-refractivity contribution in [1.82, 2.24) is 0 Å². The monoisotopic (exact) mass is 267 g/mol. The lowest BCUT2D eigenvalue weighted by molar-refractivity contribution is 0.414. The molecule has 0 aliphatic carbocycles. The Kier molecular flexibility index (Phi) is 3.94. The SMILES string of the molecule is COc1ccc(CNc2cc(F)c(F)cc2F)cc1. The number of nitrogens with one attached hydrogen (secondary N) is 1. The summed E-state index contributed by atoms with van der Waals surface area (Å²) in [6.07, 6.45) is 0. The van der Waals surface area contributed by atoms with Crippen LogP contribution in [0.2, 0.25) is 0 Å². The van der Waals surface area contributed by atoms with Crippen molar-refractivity contribution in [3.8, 4) is 5.75 Å². The Morgan fingerprint density at radius 1 is 0.947 bits per heavy atom. The molecule has 0 bridgehead atoms. The molecule has 1 N–H and O–H groups in total. The second-order valence-corrected chi connectivity index (χ2v) is 3.95. The molecule has 0 aromatic heterocycles. The molecule has 0 saturated carbocycles. The summed E-state index contributed by atoms with van der Waals surface area (Å²) in [6, 6.07) is 8.43. The lowest BCUT2D eigenvalue weighted by atomic mass is 10.2. The van der Waals surface area contributed by atoms with Gasteiger partial charge >= 0.3 is 0 Å². The first-order valence-electron chi connectivity index (χ1n) is 5.61. The van der Waals surface area contributed by atoms with Crippen LogP contribution in [0.4, 0.5) is 18.9 Å². The van der Waals surface area contributed by atoms with Crippen molar-refractivity contribution in [3.05, 3.63) is 59.4 Å². The first-order chi connectivity index (χ1) is 9.10. The molecule has 2 rings (SSSR count). The molecule has 0 heterocycles. The molecule has 0 fully saturated rings. The van der Waals surface area contributed by atoms with E-state index in [1.54, 1.807) is 31.4 Å². The van der Waals surface area contributed by atoms with Crippen molar-refractivity contribution in [2.45, 2.75) is 6.54 Å². The number of ether oxygens (including phenoxy) is 1. The van der Waals surface area contributed by atoms with Gasteiger partial charge in [-0.1, -0.05) is 12.1 Å². The van der Waals surface area contributed by atoms with Crippen LogP contribution in [-0.4, -0.2) is 7.11 Å². The van der Waals surface area contributed by atoms with Gasteiger partial charge in [0.2, 0.25) is 0 Å². The summed E-state index contributed by atoms with van der Waals surface area (Å²) in [7, 11) is 1.56. The van der Waals surface area contributed by atoms with Crippen LogP contribution in [0.15, 0.2) is 36.4 Å². The van der Waals surface area contributed by atoms with Crippen LogP contribution in [0.3, 0.4) is 0 Å². The summed E-state index contributed by atoms with van der Waals surface area (Å²) in [6.45, 7) is 0.298. The van der Waals surface area contributed by atoms with Gasteiger partial charge in [0.25, 0.3) is 0 Å². The third kappa shape index (κ3) is 3.19. The van der Waals surface area contributed by atoms with Gasteiger partial charge in [0.15, 0.2) is 11.6 Å². The molecule has 100 valence electrons. The van der Waals surface area contributed by atoms with Gasteiger partial charge in [-0.2, -0.15) is 0 Å². The van der Waals surface area contributed by atoms with Crippen molar-refractivity contribution in [2.24, 2.45) is 0 Å². The fourth-order valence-corrected chi connectivity index (χ4v) is 1.60. The lowest BCUT2D eigenvalue weighted by Gasteiger charge is -2.09. The Labute approximate surface area is 108 Å². The average molecular weight is 267 g/mol. The van der Waals surface area contributed by atoms with Crippen molar-refractivity contribution in [3.63, 3.8) is 0 Å². The van der Waals surface area contributed by atoms with Gasteiger partial charge in [0.05, 0.1) is 12.8 Å². The molecule has 0 aliphatic rings. The summed E-state index contributed by atoms with van der Waals surface area (Å²) >= 11 is 0. The van der Waals surface area contributed by atoms with E-state index >= 15 is 0 Å². The van der Waals surface area contributed by atoms with E-state index in [9.17, 15) is 13.2 Å². The Hall–Kier alpha value is -2.17. The fourth-order valence-electron chi connectivity index (χ4n) is 1.60. The maximum absolute atomic E-state index is 13.4. The van der Waals surface area contributed by atoms with Crippen molar-refractivity contribution < 1.29 is 17.9 Å². The summed E-state index contributed by atoms with van der Waals surface area (Å²) < 4.78 is 44.1. The standard InChI is InChI=1S/C14H12F3NO/c1-19-10-4-2-9(3-5-10)8-18-14-7-12(16)11(15)6-13(14)17/h2-7,18H,8H2,1H3. The first-order valence-corrected chi connectivity index (χ1v) is 5.61. The molecule has 2 nitrogen and oxygen atoms in total. The molecule has 0 unspecified atom stereocenters. The fraction of sp³-hybridized carbons (Fsp3) is 0.143. The smallest absolute Gasteiger partial charge is 0.161 e. The van der Waals surface area contributed by atoms with Crippen LogP contribution in [0.1, 0.15) is 5.56 Å². The zero-order valence-electron chi connectivity index (χ0n) is 10.2. The third-order valence-corrected chi connectivity index (χ3v) is 2.65. The van der Waals surface area contributed by atoms with Crippen molar-refractivity contribution in [1.29, 1.82) is 0 Å². The number of methoxy groups -OCH3 is 1. The van der Waals surface area contributed by atoms with Gasteiger partial charge in [0.1, 0.15) is 11.6 Å². The highest BCUT2D eigenvalue weighted by Gasteiger charge is 2.09. The minimum absolute atomic E-state index is 0.0743. The van der Waals surface area contributed by atoms with Crippen LogP contribution < -0.4 is 10.1 Å². The average Bonchev–Trinajstić information content (AvgIpc) is 2.42. The number of halogens is 3. The number of anilines is 1. The van der Waals surface area contributed by atoms with Gasteiger partial charge in [-0.05, 0) is 17.7 Å². The molecule has 0 saturated heterocycles. The molecule has 0 aliphatic heterocycles. The Morgan fingerprint density at radius 3 is 2.21 bits per heavy atom. The first kappa shape index (κ1) is 13.3. The highest BCUT2D eigenvalue weighted by atomic mass is 19.2. The summed E-state index contributed by atoms with van der Waals surface area (Å²) in [5.41, 5.74) is 0.791. The van der Waals surface area contributed by atoms with Crippen molar-refractivity contribution in [2.75, 3.05) is 12.4 Å². The van der Waals surface area contributed by atoms with Gasteiger partial charge in [-0.3, -0.25) is 0 Å². The summed E-state index contributed by atoms with van der Waals surface area (Å²) in [5.74, 6) is -2.40. The zero-order valence-corrected chi connectivity index (χ0v) is 10.2. The van der Waals surface area contributed by atoms with E-state index in [2.05, 4.69) is 5.32 Å². The van der Waals surface area contributed by atoms with Crippen LogP contribution in [0, 0.1) is 17.5 Å². The second-order valence-electron chi connectivity index (χ2n) is 3.95. The van der Waals surface area contributed by atoms with Gasteiger partial charge in [-0.25, -0.2) is 13.2 Å². The Morgan fingerprint density at radius 2 is 1.58 bits per heavy atom. The quantitative estimate of drug-likeness (QED) is 0.852. The molecule has 2 aromatic rings. The largest absolute Gasteiger partial charge is 0.497 e. The van der Waals surface area contributed by atoms with E-state index in [-0.39, 0.29) is 5.69 Å². The highest BCUT2D eigenvalue weighted by molar-refractivity contribution is 5.46. The van der Waals surface area contributed by atoms with E-state index in [0.717, 1.165) is 11.6 Å². The number of rotatable bonds is 4. The van der Waals surface area contributed by atoms with E-state index in [4.69, 9.17) is 4.74 Å². The lowest BCUT2D eigenvalue weighted by Crippen LogP contribution is -2.03. The van der Waals surface area contributed by atoms with Crippen LogP contribution >= 0.6 is 0 Å². The van der Waals surface area contributed by atoms with E-state index in [1.807, 2.05) is 0 Å². The maximum Gasteiger partial charge on any atom is 0.161 e. The number of hydrogen-bond donors (Lipinski definition) is 1. The maximum atomic E-state index is 13.4. The molecule has 0 atom stereocenters. The molecule has 2 aromatic carbocycles. The van der Waals surface area contributed by atoms with Gasteiger partial charge in [-0.15, -0.1) is 0 Å². The minimum Gasteiger partial charge on any atom is -0.497 e. The van der Waals surface area contributed by atoms with Crippen LogP contribution in [-0.2, 0) is 6.54 Å². The molecular weight excluding hydrogens is 255 g/mol. The predicted octanol–water partition coefficient (Wildman–Crippen LogP) is 3.72. The summed E-state index contributed by atoms with van der Waals surface area (Å²) in [5, 5.41) is 2.71. The topological polar surface area (TPSA) is 21.3 Å². The van der Waals surface area contributed by atoms with Gasteiger partial charge < -0.3 is 10.1 Å². The molecule has 5 heteroatoms. The van der Waals surface area contributed by atoms with E-state index in [1.165, 1.54) is 0 Å². The number of hydrogen-bond acceptors (Lipinski definition) is 2. The normalized spacial score (nSPS) is 10.3. The van der Waals surface area contributed by atoms with Gasteiger partial charge in [0, 0.05) is 18.7 Å². The Bertz CT molecular complexity index is 570. The molecule has 0 spiro atoms. The van der Waals surface area contributed by atoms with Crippen LogP contribution in [0.5, 0.6) is 5.75 Å². The predicted molar refractivity (Wildman–Crippen MR) is 66.6 cm³/mol. The molecule has 0 radical (unpaired) electrons. The zero-order chi connectivity index (χ0) is 13.8. The highest BCUT2D eigenvalue weighted by Crippen LogP contribution is 2.19. The molecule has 0 amide bonds. The molecular formula is C14H12F3NO. The van der Waals surface area contributed by atoms with Crippen molar-refractivity contribution >= 4 is 5.69 Å². The minimum atomic E-state index is -1.20.